The average Bonchev–Trinajstić information content (AvgIpc) is 2.41. The van der Waals surface area contributed by atoms with Crippen molar-refractivity contribution in [1.29, 1.82) is 0 Å². The molecule has 5 heteroatoms. The number of methoxy groups -OCH3 is 1. The van der Waals surface area contributed by atoms with Crippen molar-refractivity contribution >= 4 is 28.9 Å². The molecule has 0 aromatic heterocycles. The van der Waals surface area contributed by atoms with Crippen molar-refractivity contribution < 1.29 is 9.84 Å². The van der Waals surface area contributed by atoms with Crippen molar-refractivity contribution in [3.05, 3.63) is 52.0 Å². The summed E-state index contributed by atoms with van der Waals surface area (Å²) >= 11 is 12.0. The Labute approximate surface area is 121 Å². The second kappa shape index (κ2) is 6.04. The zero-order valence-electron chi connectivity index (χ0n) is 10.3. The maximum absolute atomic E-state index is 9.52. The Morgan fingerprint density at radius 2 is 1.95 bits per heavy atom. The molecule has 0 aliphatic carbocycles. The van der Waals surface area contributed by atoms with Crippen molar-refractivity contribution in [3.8, 4) is 11.5 Å². The Hall–Kier alpha value is -1.58. The predicted octanol–water partition coefficient (Wildman–Crippen LogP) is 4.32. The molecule has 3 nitrogen and oxygen atoms in total. The van der Waals surface area contributed by atoms with E-state index in [0.717, 1.165) is 11.3 Å². The highest BCUT2D eigenvalue weighted by molar-refractivity contribution is 6.35. The summed E-state index contributed by atoms with van der Waals surface area (Å²) in [5.41, 5.74) is 1.73. The number of hydrogen-bond donors (Lipinski definition) is 2. The second-order valence-electron chi connectivity index (χ2n) is 3.98. The summed E-state index contributed by atoms with van der Waals surface area (Å²) in [7, 11) is 1.51. The molecule has 0 spiro atoms. The van der Waals surface area contributed by atoms with Gasteiger partial charge in [0.15, 0.2) is 11.5 Å². The first kappa shape index (κ1) is 13.8. The Balaban J connectivity index is 2.12. The molecule has 0 atom stereocenters. The normalized spacial score (nSPS) is 10.3. The molecule has 0 heterocycles. The van der Waals surface area contributed by atoms with Crippen LogP contribution in [0.3, 0.4) is 0 Å². The summed E-state index contributed by atoms with van der Waals surface area (Å²) in [5, 5.41) is 13.9. The van der Waals surface area contributed by atoms with Gasteiger partial charge in [0.1, 0.15) is 0 Å². The maximum Gasteiger partial charge on any atom is 0.160 e. The zero-order chi connectivity index (χ0) is 13.8. The van der Waals surface area contributed by atoms with Gasteiger partial charge in [-0.25, -0.2) is 0 Å². The van der Waals surface area contributed by atoms with Gasteiger partial charge in [-0.2, -0.15) is 0 Å². The van der Waals surface area contributed by atoms with Gasteiger partial charge in [0.05, 0.1) is 17.8 Å². The fraction of sp³-hybridized carbons (Fsp3) is 0.143. The molecule has 0 bridgehead atoms. The molecule has 0 aliphatic heterocycles. The van der Waals surface area contributed by atoms with Crippen LogP contribution in [0.1, 0.15) is 5.56 Å². The van der Waals surface area contributed by atoms with E-state index in [0.29, 0.717) is 22.3 Å². The van der Waals surface area contributed by atoms with E-state index in [1.54, 1.807) is 30.3 Å². The number of benzene rings is 2. The molecule has 0 radical (unpaired) electrons. The lowest BCUT2D eigenvalue weighted by molar-refractivity contribution is 0.373. The summed E-state index contributed by atoms with van der Waals surface area (Å²) in [6.45, 7) is 0.552. The lowest BCUT2D eigenvalue weighted by atomic mass is 10.2. The van der Waals surface area contributed by atoms with Gasteiger partial charge < -0.3 is 15.2 Å². The molecule has 2 aromatic carbocycles. The third kappa shape index (κ3) is 3.46. The predicted molar refractivity (Wildman–Crippen MR) is 78.4 cm³/mol. The zero-order valence-corrected chi connectivity index (χ0v) is 11.8. The quantitative estimate of drug-likeness (QED) is 0.883. The number of halogens is 2. The van der Waals surface area contributed by atoms with E-state index in [1.807, 2.05) is 6.07 Å². The van der Waals surface area contributed by atoms with Gasteiger partial charge in [-0.05, 0) is 35.9 Å². The maximum atomic E-state index is 9.52. The summed E-state index contributed by atoms with van der Waals surface area (Å²) < 4.78 is 5.06. The van der Waals surface area contributed by atoms with Crippen LogP contribution in [0.5, 0.6) is 11.5 Å². The second-order valence-corrected chi connectivity index (χ2v) is 4.83. The monoisotopic (exact) mass is 297 g/mol. The number of rotatable bonds is 4. The van der Waals surface area contributed by atoms with Gasteiger partial charge in [-0.3, -0.25) is 0 Å². The fourth-order valence-electron chi connectivity index (χ4n) is 1.66. The minimum Gasteiger partial charge on any atom is -0.504 e. The van der Waals surface area contributed by atoms with Crippen LogP contribution >= 0.6 is 23.2 Å². The number of hydrogen-bond acceptors (Lipinski definition) is 3. The minimum absolute atomic E-state index is 0.118. The van der Waals surface area contributed by atoms with E-state index in [4.69, 9.17) is 27.9 Å². The van der Waals surface area contributed by atoms with Crippen LogP contribution in [-0.4, -0.2) is 12.2 Å². The summed E-state index contributed by atoms with van der Waals surface area (Å²) in [5.74, 6) is 0.559. The summed E-state index contributed by atoms with van der Waals surface area (Å²) in [4.78, 5) is 0. The lowest BCUT2D eigenvalue weighted by Gasteiger charge is -2.10. The van der Waals surface area contributed by atoms with Crippen molar-refractivity contribution in [3.63, 3.8) is 0 Å². The molecule has 0 fully saturated rings. The number of anilines is 1. The molecule has 0 aliphatic rings. The van der Waals surface area contributed by atoms with E-state index in [9.17, 15) is 5.11 Å². The molecular weight excluding hydrogens is 285 g/mol. The van der Waals surface area contributed by atoms with Crippen LogP contribution in [0, 0.1) is 0 Å². The minimum atomic E-state index is 0.118. The van der Waals surface area contributed by atoms with Crippen molar-refractivity contribution in [2.45, 2.75) is 6.54 Å². The van der Waals surface area contributed by atoms with Crippen molar-refractivity contribution in [1.82, 2.24) is 0 Å². The van der Waals surface area contributed by atoms with Gasteiger partial charge in [-0.15, -0.1) is 0 Å². The van der Waals surface area contributed by atoms with Gasteiger partial charge in [0.25, 0.3) is 0 Å². The van der Waals surface area contributed by atoms with Crippen LogP contribution in [0.2, 0.25) is 10.0 Å². The molecular formula is C14H13Cl2NO2. The van der Waals surface area contributed by atoms with Crippen LogP contribution in [0.4, 0.5) is 5.69 Å². The summed E-state index contributed by atoms with van der Waals surface area (Å²) in [6, 6.07) is 10.4. The smallest absolute Gasteiger partial charge is 0.160 e. The molecule has 0 saturated heterocycles. The Kier molecular flexibility index (Phi) is 4.40. The topological polar surface area (TPSA) is 41.5 Å². The van der Waals surface area contributed by atoms with E-state index in [-0.39, 0.29) is 5.75 Å². The van der Waals surface area contributed by atoms with E-state index in [2.05, 4.69) is 5.32 Å². The molecule has 0 amide bonds. The highest BCUT2D eigenvalue weighted by Gasteiger charge is 2.04. The van der Waals surface area contributed by atoms with E-state index < -0.39 is 0 Å². The van der Waals surface area contributed by atoms with Gasteiger partial charge >= 0.3 is 0 Å². The SMILES string of the molecule is COc1cc(CNc2cc(Cl)ccc2Cl)ccc1O. The third-order valence-corrected chi connectivity index (χ3v) is 3.22. The first-order valence-corrected chi connectivity index (χ1v) is 6.40. The molecule has 0 saturated carbocycles. The number of ether oxygens (including phenoxy) is 1. The van der Waals surface area contributed by atoms with Crippen LogP contribution in [-0.2, 0) is 6.54 Å². The molecule has 2 aromatic rings. The highest BCUT2D eigenvalue weighted by atomic mass is 35.5. The first-order valence-electron chi connectivity index (χ1n) is 5.65. The number of phenols is 1. The molecule has 0 unspecified atom stereocenters. The molecule has 100 valence electrons. The van der Waals surface area contributed by atoms with Gasteiger partial charge in [0.2, 0.25) is 0 Å². The Morgan fingerprint density at radius 1 is 1.16 bits per heavy atom. The van der Waals surface area contributed by atoms with Crippen molar-refractivity contribution in [2.75, 3.05) is 12.4 Å². The van der Waals surface area contributed by atoms with E-state index in [1.165, 1.54) is 7.11 Å². The number of aromatic hydroxyl groups is 1. The molecule has 19 heavy (non-hydrogen) atoms. The fourth-order valence-corrected chi connectivity index (χ4v) is 2.02. The van der Waals surface area contributed by atoms with Crippen LogP contribution in [0.15, 0.2) is 36.4 Å². The lowest BCUT2D eigenvalue weighted by Crippen LogP contribution is -2.00. The molecule has 2 N–H and O–H groups in total. The standard InChI is InChI=1S/C14H13Cl2NO2/c1-19-14-6-9(2-5-13(14)18)8-17-12-7-10(15)3-4-11(12)16/h2-7,17-18H,8H2,1H3. The average molecular weight is 298 g/mol. The largest absolute Gasteiger partial charge is 0.504 e. The van der Waals surface area contributed by atoms with Crippen LogP contribution in [0.25, 0.3) is 0 Å². The Bertz CT molecular complexity index is 588. The van der Waals surface area contributed by atoms with Gasteiger partial charge in [0, 0.05) is 11.6 Å². The third-order valence-electron chi connectivity index (χ3n) is 2.66. The van der Waals surface area contributed by atoms with E-state index >= 15 is 0 Å². The first-order chi connectivity index (χ1) is 9.10. The summed E-state index contributed by atoms with van der Waals surface area (Å²) in [6.07, 6.45) is 0. The van der Waals surface area contributed by atoms with Gasteiger partial charge in [-0.1, -0.05) is 29.3 Å². The number of phenolic OH excluding ortho intramolecular Hbond substituents is 1. The molecule has 2 rings (SSSR count). The number of nitrogens with one attached hydrogen (secondary N) is 1. The van der Waals surface area contributed by atoms with Crippen LogP contribution < -0.4 is 10.1 Å². The van der Waals surface area contributed by atoms with Crippen molar-refractivity contribution in [2.24, 2.45) is 0 Å². The highest BCUT2D eigenvalue weighted by Crippen LogP contribution is 2.28. The Morgan fingerprint density at radius 3 is 2.68 bits per heavy atom.